The van der Waals surface area contributed by atoms with Gasteiger partial charge in [0.1, 0.15) is 0 Å². The van der Waals surface area contributed by atoms with E-state index in [0.29, 0.717) is 6.42 Å². The van der Waals surface area contributed by atoms with E-state index in [4.69, 9.17) is 10.2 Å². The highest BCUT2D eigenvalue weighted by molar-refractivity contribution is 5.70. The Morgan fingerprint density at radius 2 is 0.926 bits per heavy atom. The lowest BCUT2D eigenvalue weighted by molar-refractivity contribution is -0.143. The zero-order valence-electron chi connectivity index (χ0n) is 17.9. The molecule has 0 aromatic carbocycles. The Morgan fingerprint density at radius 1 is 0.593 bits per heavy atom. The number of hydrogen-bond donors (Lipinski definition) is 2. The van der Waals surface area contributed by atoms with Gasteiger partial charge in [-0.05, 0) is 18.8 Å². The Labute approximate surface area is 167 Å². The Balaban J connectivity index is 3.21. The van der Waals surface area contributed by atoms with Crippen molar-refractivity contribution in [3.05, 3.63) is 0 Å². The molecular formula is C23H44O4. The smallest absolute Gasteiger partial charge is 0.306 e. The molecule has 0 saturated heterocycles. The van der Waals surface area contributed by atoms with Crippen molar-refractivity contribution < 1.29 is 19.8 Å². The van der Waals surface area contributed by atoms with Crippen LogP contribution in [-0.2, 0) is 9.59 Å². The topological polar surface area (TPSA) is 74.6 Å². The van der Waals surface area contributed by atoms with E-state index in [1.54, 1.807) is 0 Å². The van der Waals surface area contributed by atoms with E-state index in [9.17, 15) is 9.59 Å². The highest BCUT2D eigenvalue weighted by atomic mass is 16.4. The summed E-state index contributed by atoms with van der Waals surface area (Å²) in [4.78, 5) is 21.5. The van der Waals surface area contributed by atoms with Crippen molar-refractivity contribution in [2.75, 3.05) is 0 Å². The first-order valence-corrected chi connectivity index (χ1v) is 11.4. The molecule has 0 aliphatic heterocycles. The van der Waals surface area contributed by atoms with Gasteiger partial charge in [-0.1, -0.05) is 104 Å². The molecule has 0 bridgehead atoms. The fourth-order valence-electron chi connectivity index (χ4n) is 3.68. The molecule has 0 saturated carbocycles. The van der Waals surface area contributed by atoms with Crippen LogP contribution in [0.1, 0.15) is 123 Å². The Hall–Kier alpha value is -1.06. The zero-order chi connectivity index (χ0) is 20.3. The molecule has 1 unspecified atom stereocenters. The van der Waals surface area contributed by atoms with E-state index in [0.717, 1.165) is 25.7 Å². The van der Waals surface area contributed by atoms with Crippen LogP contribution in [-0.4, -0.2) is 22.2 Å². The molecule has 4 heteroatoms. The first kappa shape index (κ1) is 25.9. The molecule has 0 amide bonds. The fraction of sp³-hybridized carbons (Fsp3) is 0.913. The third kappa shape index (κ3) is 18.1. The summed E-state index contributed by atoms with van der Waals surface area (Å²) in [5.74, 6) is -1.25. The van der Waals surface area contributed by atoms with Crippen molar-refractivity contribution >= 4 is 11.9 Å². The summed E-state index contributed by atoms with van der Waals surface area (Å²) in [6, 6.07) is 0. The van der Waals surface area contributed by atoms with Gasteiger partial charge in [-0.15, -0.1) is 0 Å². The average molecular weight is 385 g/mol. The lowest BCUT2D eigenvalue weighted by atomic mass is 9.90. The van der Waals surface area contributed by atoms with Gasteiger partial charge < -0.3 is 10.2 Å². The highest BCUT2D eigenvalue weighted by Gasteiger charge is 2.20. The van der Waals surface area contributed by atoms with E-state index in [1.807, 2.05) is 13.8 Å². The molecule has 0 aromatic rings. The SMILES string of the molecule is CC(C)C(CCCCCCCCCCCCCCCCCC(=O)O)C(=O)O. The molecule has 2 N–H and O–H groups in total. The number of hydrogen-bond acceptors (Lipinski definition) is 2. The average Bonchev–Trinajstić information content (AvgIpc) is 2.59. The quantitative estimate of drug-likeness (QED) is 0.220. The summed E-state index contributed by atoms with van der Waals surface area (Å²) in [5, 5.41) is 17.7. The van der Waals surface area contributed by atoms with Crippen molar-refractivity contribution in [1.82, 2.24) is 0 Å². The summed E-state index contributed by atoms with van der Waals surface area (Å²) >= 11 is 0. The van der Waals surface area contributed by atoms with Gasteiger partial charge in [0.05, 0.1) is 5.92 Å². The first-order chi connectivity index (χ1) is 12.9. The third-order valence-corrected chi connectivity index (χ3v) is 5.53. The molecule has 1 atom stereocenters. The number of carboxylic acids is 2. The second-order valence-corrected chi connectivity index (χ2v) is 8.42. The molecule has 0 radical (unpaired) electrons. The van der Waals surface area contributed by atoms with Crippen LogP contribution in [0.4, 0.5) is 0 Å². The number of aliphatic carboxylic acids is 2. The van der Waals surface area contributed by atoms with Gasteiger partial charge in [-0.25, -0.2) is 0 Å². The lowest BCUT2D eigenvalue weighted by Gasteiger charge is -2.15. The van der Waals surface area contributed by atoms with Crippen LogP contribution in [0, 0.1) is 11.8 Å². The van der Waals surface area contributed by atoms with E-state index in [1.165, 1.54) is 77.0 Å². The van der Waals surface area contributed by atoms with Crippen molar-refractivity contribution in [1.29, 1.82) is 0 Å². The molecule has 0 spiro atoms. The zero-order valence-corrected chi connectivity index (χ0v) is 17.9. The van der Waals surface area contributed by atoms with Gasteiger partial charge in [0.15, 0.2) is 0 Å². The number of rotatable bonds is 20. The van der Waals surface area contributed by atoms with Crippen molar-refractivity contribution in [3.8, 4) is 0 Å². The van der Waals surface area contributed by atoms with Crippen LogP contribution in [0.2, 0.25) is 0 Å². The molecule has 0 aliphatic carbocycles. The summed E-state index contributed by atoms with van der Waals surface area (Å²) in [6.45, 7) is 4.00. The van der Waals surface area contributed by atoms with Gasteiger partial charge in [0.2, 0.25) is 0 Å². The maximum atomic E-state index is 11.1. The summed E-state index contributed by atoms with van der Waals surface area (Å²) in [5.41, 5.74) is 0. The number of carbonyl (C=O) groups is 2. The minimum Gasteiger partial charge on any atom is -0.481 e. The molecule has 0 fully saturated rings. The summed E-state index contributed by atoms with van der Waals surface area (Å²) in [7, 11) is 0. The number of unbranched alkanes of at least 4 members (excludes halogenated alkanes) is 14. The predicted molar refractivity (Wildman–Crippen MR) is 112 cm³/mol. The molecule has 27 heavy (non-hydrogen) atoms. The molecule has 0 rings (SSSR count). The Bertz CT molecular complexity index is 365. The Kier molecular flexibility index (Phi) is 17.6. The maximum Gasteiger partial charge on any atom is 0.306 e. The largest absolute Gasteiger partial charge is 0.481 e. The van der Waals surface area contributed by atoms with E-state index in [2.05, 4.69) is 0 Å². The maximum absolute atomic E-state index is 11.1. The van der Waals surface area contributed by atoms with Crippen LogP contribution < -0.4 is 0 Å². The molecule has 0 heterocycles. The second kappa shape index (κ2) is 18.3. The van der Waals surface area contributed by atoms with Gasteiger partial charge in [0.25, 0.3) is 0 Å². The molecule has 0 aromatic heterocycles. The van der Waals surface area contributed by atoms with Gasteiger partial charge in [0, 0.05) is 6.42 Å². The molecule has 4 nitrogen and oxygen atoms in total. The second-order valence-electron chi connectivity index (χ2n) is 8.42. The van der Waals surface area contributed by atoms with Crippen molar-refractivity contribution in [3.63, 3.8) is 0 Å². The monoisotopic (exact) mass is 384 g/mol. The van der Waals surface area contributed by atoms with Gasteiger partial charge in [-0.2, -0.15) is 0 Å². The summed E-state index contributed by atoms with van der Waals surface area (Å²) < 4.78 is 0. The van der Waals surface area contributed by atoms with Gasteiger partial charge in [-0.3, -0.25) is 9.59 Å². The molecular weight excluding hydrogens is 340 g/mol. The third-order valence-electron chi connectivity index (χ3n) is 5.53. The molecule has 0 aliphatic rings. The van der Waals surface area contributed by atoms with E-state index >= 15 is 0 Å². The minimum absolute atomic E-state index is 0.172. The summed E-state index contributed by atoms with van der Waals surface area (Å²) in [6.07, 6.45) is 19.5. The fourth-order valence-corrected chi connectivity index (χ4v) is 3.68. The minimum atomic E-state index is -0.673. The number of carboxylic acid groups (broad SMARTS) is 2. The highest BCUT2D eigenvalue weighted by Crippen LogP contribution is 2.20. The normalized spacial score (nSPS) is 12.4. The van der Waals surface area contributed by atoms with Crippen LogP contribution in [0.15, 0.2) is 0 Å². The lowest BCUT2D eigenvalue weighted by Crippen LogP contribution is -2.19. The van der Waals surface area contributed by atoms with E-state index < -0.39 is 11.9 Å². The molecule has 160 valence electrons. The predicted octanol–water partition coefficient (Wildman–Crippen LogP) is 7.06. The van der Waals surface area contributed by atoms with Crippen molar-refractivity contribution in [2.24, 2.45) is 11.8 Å². The van der Waals surface area contributed by atoms with E-state index in [-0.39, 0.29) is 11.8 Å². The van der Waals surface area contributed by atoms with Crippen LogP contribution >= 0.6 is 0 Å². The van der Waals surface area contributed by atoms with Crippen molar-refractivity contribution in [2.45, 2.75) is 123 Å². The van der Waals surface area contributed by atoms with Crippen LogP contribution in [0.25, 0.3) is 0 Å². The van der Waals surface area contributed by atoms with Gasteiger partial charge >= 0.3 is 11.9 Å². The van der Waals surface area contributed by atoms with Crippen LogP contribution in [0.5, 0.6) is 0 Å². The van der Waals surface area contributed by atoms with Crippen LogP contribution in [0.3, 0.4) is 0 Å². The Morgan fingerprint density at radius 3 is 1.22 bits per heavy atom. The standard InChI is InChI=1S/C23H44O4/c1-20(2)21(23(26)27)18-16-14-12-10-8-6-4-3-5-7-9-11-13-15-17-19-22(24)25/h20-21H,3-19H2,1-2H3,(H,24,25)(H,26,27). The first-order valence-electron chi connectivity index (χ1n) is 11.4.